The molecule has 1 unspecified atom stereocenters. The highest BCUT2D eigenvalue weighted by Gasteiger charge is 2.22. The number of aliphatic hydroxyl groups excluding tert-OH is 1. The zero-order valence-corrected chi connectivity index (χ0v) is 9.73. The number of hydrogen-bond donors (Lipinski definition) is 2. The predicted octanol–water partition coefficient (Wildman–Crippen LogP) is -0.207. The molecule has 5 heteroatoms. The summed E-state index contributed by atoms with van der Waals surface area (Å²) in [5, 5.41) is 8.99. The number of hydrogen-bond acceptors (Lipinski definition) is 3. The molecule has 0 saturated carbocycles. The number of rotatable bonds is 1. The Labute approximate surface area is 90.9 Å². The van der Waals surface area contributed by atoms with Crippen LogP contribution in [-0.4, -0.2) is 53.9 Å². The summed E-state index contributed by atoms with van der Waals surface area (Å²) in [6, 6.07) is 0. The Balaban J connectivity index is 2.59. The lowest BCUT2D eigenvalue weighted by Gasteiger charge is -2.33. The van der Waals surface area contributed by atoms with E-state index in [2.05, 4.69) is 4.99 Å². The fourth-order valence-corrected chi connectivity index (χ4v) is 1.45. The van der Waals surface area contributed by atoms with Crippen LogP contribution in [-0.2, 0) is 4.74 Å². The lowest BCUT2D eigenvalue weighted by atomic mass is 10.1. The van der Waals surface area contributed by atoms with E-state index < -0.39 is 0 Å². The highest BCUT2D eigenvalue weighted by atomic mass is 16.5. The molecule has 1 aliphatic rings. The number of guanidine groups is 1. The lowest BCUT2D eigenvalue weighted by Crippen LogP contribution is -2.50. The van der Waals surface area contributed by atoms with E-state index >= 15 is 0 Å². The Morgan fingerprint density at radius 2 is 2.27 bits per heavy atom. The standard InChI is InChI=1S/C10H21N3O2/c1-10(2,3)12-9(11)13-4-5-15-8(6-13)7-14/h8,14H,4-7H2,1-3H3,(H2,11,12). The minimum atomic E-state index is -0.170. The molecule has 0 aliphatic carbocycles. The molecule has 5 nitrogen and oxygen atoms in total. The fourth-order valence-electron chi connectivity index (χ4n) is 1.45. The van der Waals surface area contributed by atoms with Crippen molar-refractivity contribution in [2.75, 3.05) is 26.3 Å². The number of nitrogens with two attached hydrogens (primary N) is 1. The molecule has 0 aromatic rings. The Bertz CT molecular complexity index is 235. The quantitative estimate of drug-likeness (QED) is 0.469. The zero-order chi connectivity index (χ0) is 11.5. The molecule has 0 radical (unpaired) electrons. The van der Waals surface area contributed by atoms with Gasteiger partial charge in [-0.25, -0.2) is 4.99 Å². The van der Waals surface area contributed by atoms with E-state index in [4.69, 9.17) is 15.6 Å². The van der Waals surface area contributed by atoms with E-state index in [1.54, 1.807) is 0 Å². The predicted molar refractivity (Wildman–Crippen MR) is 59.8 cm³/mol. The minimum absolute atomic E-state index is 0.0271. The van der Waals surface area contributed by atoms with Crippen molar-refractivity contribution in [3.63, 3.8) is 0 Å². The molecule has 3 N–H and O–H groups in total. The number of nitrogens with zero attached hydrogens (tertiary/aromatic N) is 2. The van der Waals surface area contributed by atoms with Gasteiger partial charge < -0.3 is 20.5 Å². The molecule has 1 rings (SSSR count). The van der Waals surface area contributed by atoms with Crippen molar-refractivity contribution in [3.8, 4) is 0 Å². The third kappa shape index (κ3) is 4.05. The highest BCUT2D eigenvalue weighted by molar-refractivity contribution is 5.78. The first kappa shape index (κ1) is 12.3. The van der Waals surface area contributed by atoms with Crippen LogP contribution < -0.4 is 5.73 Å². The topological polar surface area (TPSA) is 71.1 Å². The van der Waals surface area contributed by atoms with E-state index in [1.165, 1.54) is 0 Å². The Morgan fingerprint density at radius 3 is 2.80 bits per heavy atom. The fraction of sp³-hybridized carbons (Fsp3) is 0.900. The molecule has 1 heterocycles. The Hall–Kier alpha value is -0.810. The third-order valence-corrected chi connectivity index (χ3v) is 2.12. The summed E-state index contributed by atoms with van der Waals surface area (Å²) in [6.45, 7) is 7.98. The summed E-state index contributed by atoms with van der Waals surface area (Å²) in [7, 11) is 0. The van der Waals surface area contributed by atoms with Crippen molar-refractivity contribution in [1.29, 1.82) is 0 Å². The Morgan fingerprint density at radius 1 is 1.60 bits per heavy atom. The van der Waals surface area contributed by atoms with Gasteiger partial charge in [0.05, 0.1) is 24.9 Å². The molecular weight excluding hydrogens is 194 g/mol. The second kappa shape index (κ2) is 4.81. The summed E-state index contributed by atoms with van der Waals surface area (Å²) >= 11 is 0. The smallest absolute Gasteiger partial charge is 0.191 e. The maximum Gasteiger partial charge on any atom is 0.191 e. The maximum absolute atomic E-state index is 8.99. The molecular formula is C10H21N3O2. The third-order valence-electron chi connectivity index (χ3n) is 2.12. The van der Waals surface area contributed by atoms with Gasteiger partial charge in [-0.2, -0.15) is 0 Å². The van der Waals surface area contributed by atoms with Gasteiger partial charge in [0, 0.05) is 13.1 Å². The summed E-state index contributed by atoms with van der Waals surface area (Å²) in [5.41, 5.74) is 5.72. The Kier molecular flexibility index (Phi) is 3.93. The van der Waals surface area contributed by atoms with Gasteiger partial charge in [0.2, 0.25) is 0 Å². The van der Waals surface area contributed by atoms with E-state index in [9.17, 15) is 0 Å². The van der Waals surface area contributed by atoms with Crippen LogP contribution in [0, 0.1) is 0 Å². The lowest BCUT2D eigenvalue weighted by molar-refractivity contribution is -0.0345. The molecule has 1 atom stereocenters. The van der Waals surface area contributed by atoms with Crippen molar-refractivity contribution in [1.82, 2.24) is 4.90 Å². The SMILES string of the molecule is CC(C)(C)N=C(N)N1CCOC(CO)C1. The second-order valence-corrected chi connectivity index (χ2v) is 4.76. The van der Waals surface area contributed by atoms with E-state index in [0.29, 0.717) is 19.1 Å². The summed E-state index contributed by atoms with van der Waals surface area (Å²) in [6.07, 6.45) is -0.146. The second-order valence-electron chi connectivity index (χ2n) is 4.76. The van der Waals surface area contributed by atoms with Gasteiger partial charge in [0.15, 0.2) is 5.96 Å². The first-order valence-corrected chi connectivity index (χ1v) is 5.25. The van der Waals surface area contributed by atoms with Crippen molar-refractivity contribution in [3.05, 3.63) is 0 Å². The average molecular weight is 215 g/mol. The molecule has 1 fully saturated rings. The average Bonchev–Trinajstić information content (AvgIpc) is 2.15. The van der Waals surface area contributed by atoms with Crippen LogP contribution in [0.1, 0.15) is 20.8 Å². The van der Waals surface area contributed by atoms with Gasteiger partial charge in [0.1, 0.15) is 0 Å². The summed E-state index contributed by atoms with van der Waals surface area (Å²) < 4.78 is 5.34. The van der Waals surface area contributed by atoms with Gasteiger partial charge >= 0.3 is 0 Å². The van der Waals surface area contributed by atoms with Crippen molar-refractivity contribution in [2.24, 2.45) is 10.7 Å². The number of ether oxygens (including phenoxy) is 1. The van der Waals surface area contributed by atoms with Gasteiger partial charge in [-0.1, -0.05) is 0 Å². The summed E-state index contributed by atoms with van der Waals surface area (Å²) in [4.78, 5) is 6.34. The highest BCUT2D eigenvalue weighted by Crippen LogP contribution is 2.09. The molecule has 15 heavy (non-hydrogen) atoms. The largest absolute Gasteiger partial charge is 0.394 e. The normalized spacial score (nSPS) is 24.4. The molecule has 0 amide bonds. The molecule has 1 aliphatic heterocycles. The zero-order valence-electron chi connectivity index (χ0n) is 9.73. The van der Waals surface area contributed by atoms with Crippen LogP contribution in [0.2, 0.25) is 0 Å². The number of aliphatic imine (C=N–C) groups is 1. The van der Waals surface area contributed by atoms with Crippen LogP contribution in [0.4, 0.5) is 0 Å². The van der Waals surface area contributed by atoms with Crippen molar-refractivity contribution in [2.45, 2.75) is 32.4 Å². The maximum atomic E-state index is 8.99. The molecule has 0 spiro atoms. The molecule has 0 bridgehead atoms. The summed E-state index contributed by atoms with van der Waals surface area (Å²) in [5.74, 6) is 0.532. The van der Waals surface area contributed by atoms with Crippen LogP contribution in [0.15, 0.2) is 4.99 Å². The first-order valence-electron chi connectivity index (χ1n) is 5.25. The molecule has 1 saturated heterocycles. The van der Waals surface area contributed by atoms with E-state index in [-0.39, 0.29) is 18.2 Å². The molecule has 0 aromatic carbocycles. The van der Waals surface area contributed by atoms with Crippen LogP contribution in [0.5, 0.6) is 0 Å². The minimum Gasteiger partial charge on any atom is -0.394 e. The number of morpholine rings is 1. The van der Waals surface area contributed by atoms with Crippen molar-refractivity contribution < 1.29 is 9.84 Å². The van der Waals surface area contributed by atoms with Crippen LogP contribution >= 0.6 is 0 Å². The van der Waals surface area contributed by atoms with Crippen molar-refractivity contribution >= 4 is 5.96 Å². The number of aliphatic hydroxyl groups is 1. The van der Waals surface area contributed by atoms with Gasteiger partial charge in [-0.05, 0) is 20.8 Å². The van der Waals surface area contributed by atoms with E-state index in [1.807, 2.05) is 25.7 Å². The van der Waals surface area contributed by atoms with Gasteiger partial charge in [-0.3, -0.25) is 0 Å². The van der Waals surface area contributed by atoms with Gasteiger partial charge in [0.25, 0.3) is 0 Å². The monoisotopic (exact) mass is 215 g/mol. The van der Waals surface area contributed by atoms with Crippen LogP contribution in [0.25, 0.3) is 0 Å². The molecule has 88 valence electrons. The van der Waals surface area contributed by atoms with E-state index in [0.717, 1.165) is 6.54 Å². The van der Waals surface area contributed by atoms with Crippen LogP contribution in [0.3, 0.4) is 0 Å². The van der Waals surface area contributed by atoms with Gasteiger partial charge in [-0.15, -0.1) is 0 Å². The molecule has 0 aromatic heterocycles. The first-order chi connectivity index (χ1) is 6.92.